The molecule has 5 nitrogen and oxygen atoms in total. The van der Waals surface area contributed by atoms with Crippen LogP contribution in [0.3, 0.4) is 0 Å². The third-order valence-corrected chi connectivity index (χ3v) is 3.75. The molecule has 0 amide bonds. The van der Waals surface area contributed by atoms with Crippen LogP contribution in [0.15, 0.2) is 42.6 Å². The highest BCUT2D eigenvalue weighted by molar-refractivity contribution is 6.11. The SMILES string of the molecule is CN(C)CCOC(=O)c1c2ccc(C#N)cc2n2ccccc12. The summed E-state index contributed by atoms with van der Waals surface area (Å²) in [6, 6.07) is 13.1. The molecule has 2 aromatic heterocycles. The topological polar surface area (TPSA) is 57.7 Å². The van der Waals surface area contributed by atoms with E-state index in [9.17, 15) is 4.79 Å². The van der Waals surface area contributed by atoms with E-state index in [1.54, 1.807) is 12.1 Å². The zero-order valence-corrected chi connectivity index (χ0v) is 13.1. The number of aromatic nitrogens is 1. The van der Waals surface area contributed by atoms with Crippen molar-refractivity contribution in [2.45, 2.75) is 0 Å². The molecular weight excluding hydrogens is 290 g/mol. The van der Waals surface area contributed by atoms with Crippen molar-refractivity contribution in [2.75, 3.05) is 27.2 Å². The Hall–Kier alpha value is -2.84. The fourth-order valence-electron chi connectivity index (χ4n) is 2.61. The molecule has 0 N–H and O–H groups in total. The van der Waals surface area contributed by atoms with Crippen LogP contribution in [0.4, 0.5) is 0 Å². The van der Waals surface area contributed by atoms with Gasteiger partial charge in [0.2, 0.25) is 0 Å². The van der Waals surface area contributed by atoms with Crippen LogP contribution in [-0.2, 0) is 4.74 Å². The van der Waals surface area contributed by atoms with Crippen molar-refractivity contribution in [3.8, 4) is 6.07 Å². The molecule has 0 aliphatic rings. The van der Waals surface area contributed by atoms with Crippen molar-refractivity contribution < 1.29 is 9.53 Å². The lowest BCUT2D eigenvalue weighted by Gasteiger charge is -2.09. The van der Waals surface area contributed by atoms with Gasteiger partial charge < -0.3 is 14.0 Å². The quantitative estimate of drug-likeness (QED) is 0.695. The summed E-state index contributed by atoms with van der Waals surface area (Å²) in [4.78, 5) is 14.5. The van der Waals surface area contributed by atoms with Crippen LogP contribution in [0.2, 0.25) is 0 Å². The van der Waals surface area contributed by atoms with E-state index in [-0.39, 0.29) is 5.97 Å². The first-order valence-corrected chi connectivity index (χ1v) is 7.36. The average molecular weight is 307 g/mol. The van der Waals surface area contributed by atoms with Gasteiger partial charge in [0.1, 0.15) is 6.61 Å². The van der Waals surface area contributed by atoms with E-state index in [1.807, 2.05) is 53.9 Å². The van der Waals surface area contributed by atoms with Gasteiger partial charge in [-0.05, 0) is 38.4 Å². The number of likely N-dealkylation sites (N-methyl/N-ethyl adjacent to an activating group) is 1. The molecule has 1 aromatic carbocycles. The first kappa shape index (κ1) is 15.1. The first-order valence-electron chi connectivity index (χ1n) is 7.36. The zero-order valence-electron chi connectivity index (χ0n) is 13.1. The Morgan fingerprint density at radius 2 is 2.09 bits per heavy atom. The van der Waals surface area contributed by atoms with E-state index in [1.165, 1.54) is 0 Å². The van der Waals surface area contributed by atoms with Crippen LogP contribution >= 0.6 is 0 Å². The van der Waals surface area contributed by atoms with E-state index in [2.05, 4.69) is 6.07 Å². The van der Waals surface area contributed by atoms with E-state index >= 15 is 0 Å². The van der Waals surface area contributed by atoms with Crippen molar-refractivity contribution in [3.05, 3.63) is 53.7 Å². The molecule has 0 saturated heterocycles. The van der Waals surface area contributed by atoms with Crippen LogP contribution in [0.1, 0.15) is 15.9 Å². The summed E-state index contributed by atoms with van der Waals surface area (Å²) in [7, 11) is 3.86. The van der Waals surface area contributed by atoms with Crippen molar-refractivity contribution in [2.24, 2.45) is 0 Å². The number of carbonyl (C=O) groups is 1. The van der Waals surface area contributed by atoms with Gasteiger partial charge in [-0.3, -0.25) is 0 Å². The summed E-state index contributed by atoms with van der Waals surface area (Å²) in [6.07, 6.45) is 1.88. The monoisotopic (exact) mass is 307 g/mol. The van der Waals surface area contributed by atoms with Gasteiger partial charge in [0.15, 0.2) is 0 Å². The summed E-state index contributed by atoms with van der Waals surface area (Å²) in [5.74, 6) is -0.338. The molecule has 0 radical (unpaired) electrons. The first-order chi connectivity index (χ1) is 11.1. The highest BCUT2D eigenvalue weighted by Gasteiger charge is 2.19. The van der Waals surface area contributed by atoms with Crippen molar-refractivity contribution in [1.82, 2.24) is 9.30 Å². The summed E-state index contributed by atoms with van der Waals surface area (Å²) in [6.45, 7) is 1.02. The van der Waals surface area contributed by atoms with Crippen LogP contribution < -0.4 is 0 Å². The third-order valence-electron chi connectivity index (χ3n) is 3.75. The highest BCUT2D eigenvalue weighted by Crippen LogP contribution is 2.28. The molecule has 0 bridgehead atoms. The van der Waals surface area contributed by atoms with Crippen molar-refractivity contribution in [1.29, 1.82) is 5.26 Å². The Kier molecular flexibility index (Phi) is 4.00. The maximum absolute atomic E-state index is 12.6. The van der Waals surface area contributed by atoms with E-state index in [4.69, 9.17) is 10.00 Å². The standard InChI is InChI=1S/C18H17N3O2/c1-20(2)9-10-23-18(22)17-14-7-6-13(12-19)11-16(14)21-8-4-3-5-15(17)21/h3-8,11H,9-10H2,1-2H3. The summed E-state index contributed by atoms with van der Waals surface area (Å²) >= 11 is 0. The number of hydrogen-bond donors (Lipinski definition) is 0. The van der Waals surface area contributed by atoms with Gasteiger partial charge in [0, 0.05) is 18.1 Å². The van der Waals surface area contributed by atoms with E-state index in [0.717, 1.165) is 16.4 Å². The van der Waals surface area contributed by atoms with Gasteiger partial charge in [0.25, 0.3) is 0 Å². The minimum atomic E-state index is -0.338. The number of nitriles is 1. The Morgan fingerprint density at radius 1 is 1.26 bits per heavy atom. The predicted molar refractivity (Wildman–Crippen MR) is 88.5 cm³/mol. The summed E-state index contributed by atoms with van der Waals surface area (Å²) in [5, 5.41) is 9.89. The maximum Gasteiger partial charge on any atom is 0.341 e. The van der Waals surface area contributed by atoms with Gasteiger partial charge in [-0.15, -0.1) is 0 Å². The number of fused-ring (bicyclic) bond motifs is 3. The smallest absolute Gasteiger partial charge is 0.341 e. The van der Waals surface area contributed by atoms with Crippen molar-refractivity contribution in [3.63, 3.8) is 0 Å². The molecular formula is C18H17N3O2. The number of pyridine rings is 1. The number of carbonyl (C=O) groups excluding carboxylic acids is 1. The van der Waals surface area contributed by atoms with Crippen molar-refractivity contribution >= 4 is 22.4 Å². The van der Waals surface area contributed by atoms with Crippen LogP contribution in [-0.4, -0.2) is 42.5 Å². The average Bonchev–Trinajstić information content (AvgIpc) is 2.88. The molecule has 0 atom stereocenters. The van der Waals surface area contributed by atoms with Crippen LogP contribution in [0, 0.1) is 11.3 Å². The number of esters is 1. The molecule has 5 heteroatoms. The molecule has 0 fully saturated rings. The van der Waals surface area contributed by atoms with Gasteiger partial charge >= 0.3 is 5.97 Å². The number of nitrogens with zero attached hydrogens (tertiary/aromatic N) is 3. The molecule has 116 valence electrons. The summed E-state index contributed by atoms with van der Waals surface area (Å²) in [5.41, 5.74) is 2.73. The normalized spacial score (nSPS) is 11.0. The van der Waals surface area contributed by atoms with Crippen LogP contribution in [0.25, 0.3) is 16.4 Å². The Morgan fingerprint density at radius 3 is 2.83 bits per heavy atom. The number of ether oxygens (including phenoxy) is 1. The lowest BCUT2D eigenvalue weighted by atomic mass is 10.1. The lowest BCUT2D eigenvalue weighted by molar-refractivity contribution is 0.0486. The molecule has 0 saturated carbocycles. The number of rotatable bonds is 4. The number of benzene rings is 1. The molecule has 0 spiro atoms. The Bertz CT molecular complexity index is 919. The lowest BCUT2D eigenvalue weighted by Crippen LogP contribution is -2.20. The highest BCUT2D eigenvalue weighted by atomic mass is 16.5. The minimum absolute atomic E-state index is 0.338. The Balaban J connectivity index is 2.11. The van der Waals surface area contributed by atoms with Gasteiger partial charge in [-0.25, -0.2) is 4.79 Å². The van der Waals surface area contributed by atoms with Gasteiger partial charge in [0.05, 0.1) is 28.2 Å². The molecule has 0 aliphatic carbocycles. The summed E-state index contributed by atoms with van der Waals surface area (Å²) < 4.78 is 7.33. The fraction of sp³-hybridized carbons (Fsp3) is 0.222. The molecule has 2 heterocycles. The predicted octanol–water partition coefficient (Wildman–Crippen LogP) is 2.68. The minimum Gasteiger partial charge on any atom is -0.461 e. The Labute approximate surface area is 134 Å². The molecule has 23 heavy (non-hydrogen) atoms. The molecule has 0 aliphatic heterocycles. The number of hydrogen-bond acceptors (Lipinski definition) is 4. The van der Waals surface area contributed by atoms with E-state index in [0.29, 0.717) is 24.3 Å². The van der Waals surface area contributed by atoms with Gasteiger partial charge in [-0.2, -0.15) is 5.26 Å². The maximum atomic E-state index is 12.6. The largest absolute Gasteiger partial charge is 0.461 e. The zero-order chi connectivity index (χ0) is 16.4. The van der Waals surface area contributed by atoms with Crippen LogP contribution in [0.5, 0.6) is 0 Å². The third kappa shape index (κ3) is 2.77. The molecule has 0 unspecified atom stereocenters. The van der Waals surface area contributed by atoms with E-state index < -0.39 is 0 Å². The second-order valence-corrected chi connectivity index (χ2v) is 5.61. The second kappa shape index (κ2) is 6.11. The molecule has 3 aromatic rings. The second-order valence-electron chi connectivity index (χ2n) is 5.61. The fourth-order valence-corrected chi connectivity index (χ4v) is 2.61. The van der Waals surface area contributed by atoms with Gasteiger partial charge in [-0.1, -0.05) is 12.1 Å². The molecule has 3 rings (SSSR count).